The Kier molecular flexibility index (Phi) is 5.70. The van der Waals surface area contributed by atoms with Gasteiger partial charge >= 0.3 is 0 Å². The molecule has 2 heterocycles. The molecule has 0 amide bonds. The van der Waals surface area contributed by atoms with Crippen LogP contribution in [0.25, 0.3) is 6.08 Å². The molecule has 178 valence electrons. The van der Waals surface area contributed by atoms with Gasteiger partial charge in [0.05, 0.1) is 32.4 Å². The van der Waals surface area contributed by atoms with Gasteiger partial charge in [-0.1, -0.05) is 30.4 Å². The number of nitriles is 2. The van der Waals surface area contributed by atoms with Crippen molar-refractivity contribution in [2.24, 2.45) is 5.41 Å². The Balaban J connectivity index is 1.80. The highest BCUT2D eigenvalue weighted by molar-refractivity contribution is 6.04. The van der Waals surface area contributed by atoms with Gasteiger partial charge in [-0.3, -0.25) is 4.79 Å². The van der Waals surface area contributed by atoms with Crippen molar-refractivity contribution >= 4 is 17.5 Å². The summed E-state index contributed by atoms with van der Waals surface area (Å²) in [5.74, 6) is -0.690. The van der Waals surface area contributed by atoms with Crippen LogP contribution in [0, 0.1) is 33.9 Å². The first kappa shape index (κ1) is 23.1. The molecule has 3 aromatic carbocycles. The van der Waals surface area contributed by atoms with E-state index in [4.69, 9.17) is 9.47 Å². The van der Waals surface area contributed by atoms with Crippen LogP contribution in [-0.4, -0.2) is 32.1 Å². The molecule has 2 aliphatic rings. The minimum Gasteiger partial charge on any atom is -0.497 e. The van der Waals surface area contributed by atoms with Gasteiger partial charge in [0.15, 0.2) is 11.2 Å². The summed E-state index contributed by atoms with van der Waals surface area (Å²) in [7, 11) is 3.02. The van der Waals surface area contributed by atoms with Crippen LogP contribution in [0.15, 0.2) is 72.8 Å². The summed E-state index contributed by atoms with van der Waals surface area (Å²) < 4.78 is 24.6. The molecule has 3 atom stereocenters. The van der Waals surface area contributed by atoms with E-state index < -0.39 is 29.2 Å². The van der Waals surface area contributed by atoms with Crippen molar-refractivity contribution < 1.29 is 18.7 Å². The number of anilines is 1. The molecule has 0 radical (unpaired) electrons. The molecule has 36 heavy (non-hydrogen) atoms. The normalized spacial score (nSPS) is 21.0. The van der Waals surface area contributed by atoms with E-state index in [0.29, 0.717) is 22.6 Å². The van der Waals surface area contributed by atoms with E-state index in [1.165, 1.54) is 38.5 Å². The highest BCUT2D eigenvalue weighted by Gasteiger charge is 2.63. The summed E-state index contributed by atoms with van der Waals surface area (Å²) in [6, 6.07) is 21.0. The molecule has 7 heteroatoms. The number of ether oxygens (including phenoxy) is 2. The van der Waals surface area contributed by atoms with Crippen molar-refractivity contribution in [2.45, 2.75) is 18.0 Å². The van der Waals surface area contributed by atoms with E-state index in [-0.39, 0.29) is 5.78 Å². The largest absolute Gasteiger partial charge is 0.497 e. The van der Waals surface area contributed by atoms with Gasteiger partial charge in [0.2, 0.25) is 0 Å². The summed E-state index contributed by atoms with van der Waals surface area (Å²) >= 11 is 0. The van der Waals surface area contributed by atoms with Gasteiger partial charge < -0.3 is 14.4 Å². The number of carbonyl (C=O) groups is 1. The molecule has 1 fully saturated rings. The fourth-order valence-electron chi connectivity index (χ4n) is 5.40. The molecule has 5 rings (SSSR count). The topological polar surface area (TPSA) is 86.3 Å². The van der Waals surface area contributed by atoms with Crippen molar-refractivity contribution in [3.63, 3.8) is 0 Å². The average molecular weight is 480 g/mol. The maximum atomic E-state index is 14.2. The number of nitrogens with zero attached hydrogens (tertiary/aromatic N) is 3. The van der Waals surface area contributed by atoms with Gasteiger partial charge in [-0.05, 0) is 53.6 Å². The van der Waals surface area contributed by atoms with Gasteiger partial charge in [-0.15, -0.1) is 0 Å². The number of ketones is 1. The molecule has 0 unspecified atom stereocenters. The lowest BCUT2D eigenvalue weighted by atomic mass is 9.69. The monoisotopic (exact) mass is 479 g/mol. The molecule has 0 spiro atoms. The van der Waals surface area contributed by atoms with Crippen LogP contribution in [0.3, 0.4) is 0 Å². The van der Waals surface area contributed by atoms with Crippen LogP contribution in [0.2, 0.25) is 0 Å². The van der Waals surface area contributed by atoms with Crippen LogP contribution in [0.5, 0.6) is 11.5 Å². The second kappa shape index (κ2) is 8.87. The third kappa shape index (κ3) is 3.40. The molecule has 6 nitrogen and oxygen atoms in total. The maximum Gasteiger partial charge on any atom is 0.185 e. The molecule has 0 aliphatic carbocycles. The Morgan fingerprint density at radius 1 is 0.972 bits per heavy atom. The van der Waals surface area contributed by atoms with Crippen molar-refractivity contribution in [1.82, 2.24) is 0 Å². The summed E-state index contributed by atoms with van der Waals surface area (Å²) in [4.78, 5) is 16.0. The number of carbonyl (C=O) groups excluding carboxylic acids is 1. The number of hydrogen-bond acceptors (Lipinski definition) is 6. The smallest absolute Gasteiger partial charge is 0.185 e. The second-order valence-corrected chi connectivity index (χ2v) is 8.80. The Morgan fingerprint density at radius 2 is 1.61 bits per heavy atom. The van der Waals surface area contributed by atoms with Gasteiger partial charge in [0.25, 0.3) is 0 Å². The first-order valence-electron chi connectivity index (χ1n) is 11.4. The van der Waals surface area contributed by atoms with E-state index in [9.17, 15) is 19.7 Å². The van der Waals surface area contributed by atoms with Crippen molar-refractivity contribution in [3.05, 3.63) is 95.3 Å². The fraction of sp³-hybridized carbons (Fsp3) is 0.207. The van der Waals surface area contributed by atoms with E-state index >= 15 is 0 Å². The molecule has 0 saturated carbocycles. The minimum atomic E-state index is -1.61. The van der Waals surface area contributed by atoms with E-state index in [1.54, 1.807) is 18.2 Å². The van der Waals surface area contributed by atoms with E-state index in [1.807, 2.05) is 41.3 Å². The number of halogens is 1. The SMILES string of the molecule is COc1cc(OC)cc([C@H]2[C@H](C(=O)c3ccc(F)cc3)N3c4ccccc4C=C[C@@H]3C2(C#N)C#N)c1. The quantitative estimate of drug-likeness (QED) is 0.472. The molecule has 2 aliphatic heterocycles. The lowest BCUT2D eigenvalue weighted by molar-refractivity contribution is 0.0950. The summed E-state index contributed by atoms with van der Waals surface area (Å²) in [6.45, 7) is 0. The third-order valence-corrected chi connectivity index (χ3v) is 7.05. The molecule has 1 saturated heterocycles. The zero-order valence-corrected chi connectivity index (χ0v) is 19.7. The Morgan fingerprint density at radius 3 is 2.22 bits per heavy atom. The lowest BCUT2D eigenvalue weighted by Gasteiger charge is -2.35. The lowest BCUT2D eigenvalue weighted by Crippen LogP contribution is -2.44. The summed E-state index contributed by atoms with van der Waals surface area (Å²) in [5, 5.41) is 21.1. The number of benzene rings is 3. The predicted molar refractivity (Wildman–Crippen MR) is 132 cm³/mol. The molecule has 3 aromatic rings. The molecule has 0 bridgehead atoms. The number of hydrogen-bond donors (Lipinski definition) is 0. The van der Waals surface area contributed by atoms with Crippen LogP contribution >= 0.6 is 0 Å². The average Bonchev–Trinajstić information content (AvgIpc) is 3.23. The van der Waals surface area contributed by atoms with Gasteiger partial charge in [0, 0.05) is 23.2 Å². The van der Waals surface area contributed by atoms with Crippen LogP contribution in [0.1, 0.15) is 27.4 Å². The van der Waals surface area contributed by atoms with Crippen molar-refractivity contribution in [2.75, 3.05) is 19.1 Å². The van der Waals surface area contributed by atoms with Crippen LogP contribution in [-0.2, 0) is 0 Å². The van der Waals surface area contributed by atoms with Crippen molar-refractivity contribution in [3.8, 4) is 23.6 Å². The standard InChI is InChI=1S/C29H22FN3O3/c1-35-22-13-20(14-23(15-22)36-2)26-27(28(34)19-7-10-21(30)11-8-19)33-24-6-4-3-5-18(24)9-12-25(33)29(26,16-31)17-32/h3-15,25-27H,1-2H3/t25-,26+,27-/m1/s1. The molecule has 0 N–H and O–H groups in total. The maximum absolute atomic E-state index is 14.2. The Labute approximate surface area is 208 Å². The van der Waals surface area contributed by atoms with Gasteiger partial charge in [0.1, 0.15) is 23.4 Å². The summed E-state index contributed by atoms with van der Waals surface area (Å²) in [5.41, 5.74) is 0.868. The van der Waals surface area contributed by atoms with E-state index in [2.05, 4.69) is 12.1 Å². The number of fused-ring (bicyclic) bond motifs is 3. The highest BCUT2D eigenvalue weighted by Crippen LogP contribution is 2.56. The number of para-hydroxylation sites is 1. The van der Waals surface area contributed by atoms with Crippen LogP contribution < -0.4 is 14.4 Å². The first-order valence-corrected chi connectivity index (χ1v) is 11.4. The van der Waals surface area contributed by atoms with Gasteiger partial charge in [-0.25, -0.2) is 4.39 Å². The second-order valence-electron chi connectivity index (χ2n) is 8.80. The zero-order valence-electron chi connectivity index (χ0n) is 19.7. The number of methoxy groups -OCH3 is 2. The Bertz CT molecular complexity index is 1420. The summed E-state index contributed by atoms with van der Waals surface area (Å²) in [6.07, 6.45) is 3.70. The molecular formula is C29H22FN3O3. The fourth-order valence-corrected chi connectivity index (χ4v) is 5.40. The molecular weight excluding hydrogens is 457 g/mol. The number of Topliss-reactive ketones (excluding diaryl/α,β-unsaturated/α-hetero) is 1. The van der Waals surface area contributed by atoms with Gasteiger partial charge in [-0.2, -0.15) is 10.5 Å². The third-order valence-electron chi connectivity index (χ3n) is 7.05. The predicted octanol–water partition coefficient (Wildman–Crippen LogP) is 5.13. The minimum absolute atomic E-state index is 0.290. The zero-order chi connectivity index (χ0) is 25.4. The van der Waals surface area contributed by atoms with E-state index in [0.717, 1.165) is 11.3 Å². The number of rotatable bonds is 5. The highest BCUT2D eigenvalue weighted by atomic mass is 19.1. The first-order chi connectivity index (χ1) is 17.5. The Hall–Kier alpha value is -4.62. The van der Waals surface area contributed by atoms with Crippen LogP contribution in [0.4, 0.5) is 10.1 Å². The molecule has 0 aromatic heterocycles. The van der Waals surface area contributed by atoms with Crippen molar-refractivity contribution in [1.29, 1.82) is 10.5 Å².